The minimum absolute atomic E-state index is 0.0273. The summed E-state index contributed by atoms with van der Waals surface area (Å²) in [4.78, 5) is 12.9. The molecule has 0 aliphatic rings. The topological polar surface area (TPSA) is 84.9 Å². The van der Waals surface area contributed by atoms with Gasteiger partial charge in [-0.1, -0.05) is 29.8 Å². The van der Waals surface area contributed by atoms with E-state index in [-0.39, 0.29) is 17.5 Å². The number of carbonyl (C=O) groups is 1. The number of hydrogen-bond donors (Lipinski definition) is 1. The zero-order chi connectivity index (χ0) is 25.4. The maximum atomic E-state index is 13.5. The Bertz CT molecular complexity index is 1230. The summed E-state index contributed by atoms with van der Waals surface area (Å²) in [5.74, 6) is 0.874. The highest BCUT2D eigenvalue weighted by atomic mass is 35.5. The van der Waals surface area contributed by atoms with Gasteiger partial charge in [-0.05, 0) is 80.9 Å². The predicted octanol–water partition coefficient (Wildman–Crippen LogP) is 4.83. The highest BCUT2D eigenvalue weighted by Gasteiger charge is 2.27. The molecule has 0 saturated carbocycles. The van der Waals surface area contributed by atoms with E-state index in [1.807, 2.05) is 38.1 Å². The number of benzene rings is 3. The molecular weight excluding hydrogens is 488 g/mol. The van der Waals surface area contributed by atoms with Gasteiger partial charge in [0.2, 0.25) is 5.91 Å². The number of halogens is 1. The van der Waals surface area contributed by atoms with Gasteiger partial charge in [0.25, 0.3) is 10.0 Å². The second-order valence-electron chi connectivity index (χ2n) is 7.94. The molecule has 0 radical (unpaired) electrons. The summed E-state index contributed by atoms with van der Waals surface area (Å²) in [6.07, 6.45) is 0. The van der Waals surface area contributed by atoms with E-state index in [0.717, 1.165) is 15.6 Å². The van der Waals surface area contributed by atoms with Crippen LogP contribution in [0.2, 0.25) is 5.02 Å². The molecule has 3 aromatic rings. The smallest absolute Gasteiger partial charge is 0.264 e. The van der Waals surface area contributed by atoms with Crippen LogP contribution < -0.4 is 19.1 Å². The van der Waals surface area contributed by atoms with Crippen molar-refractivity contribution in [2.75, 3.05) is 24.1 Å². The van der Waals surface area contributed by atoms with Crippen LogP contribution in [0.25, 0.3) is 0 Å². The lowest BCUT2D eigenvalue weighted by Gasteiger charge is -2.25. The van der Waals surface area contributed by atoms with Crippen LogP contribution in [0.3, 0.4) is 0 Å². The molecule has 1 amide bonds. The van der Waals surface area contributed by atoms with Gasteiger partial charge in [-0.25, -0.2) is 8.42 Å². The number of sulfonamides is 1. The van der Waals surface area contributed by atoms with Crippen molar-refractivity contribution < 1.29 is 22.7 Å². The summed E-state index contributed by atoms with van der Waals surface area (Å²) in [5.41, 5.74) is 1.32. The van der Waals surface area contributed by atoms with Crippen molar-refractivity contribution in [3.8, 4) is 11.5 Å². The molecule has 3 aromatic carbocycles. The molecule has 0 aromatic heterocycles. The third-order valence-corrected chi connectivity index (χ3v) is 7.15. The van der Waals surface area contributed by atoms with Gasteiger partial charge < -0.3 is 14.8 Å². The van der Waals surface area contributed by atoms with Gasteiger partial charge >= 0.3 is 0 Å². The Balaban J connectivity index is 1.77. The first-order valence-electron chi connectivity index (χ1n) is 11.2. The molecular formula is C26H29ClN2O5S. The fourth-order valence-electron chi connectivity index (χ4n) is 3.35. The van der Waals surface area contributed by atoms with Crippen molar-refractivity contribution in [2.45, 2.75) is 31.7 Å². The molecule has 0 aliphatic heterocycles. The van der Waals surface area contributed by atoms with E-state index in [1.165, 1.54) is 24.3 Å². The minimum Gasteiger partial charge on any atom is -0.494 e. The average Bonchev–Trinajstić information content (AvgIpc) is 2.83. The highest BCUT2D eigenvalue weighted by molar-refractivity contribution is 7.92. The summed E-state index contributed by atoms with van der Waals surface area (Å²) in [7, 11) is -4.05. The van der Waals surface area contributed by atoms with Crippen LogP contribution in [0.4, 0.5) is 5.69 Å². The van der Waals surface area contributed by atoms with Gasteiger partial charge in [0.15, 0.2) is 0 Å². The van der Waals surface area contributed by atoms with Crippen molar-refractivity contribution >= 4 is 33.2 Å². The molecule has 1 unspecified atom stereocenters. The van der Waals surface area contributed by atoms with Gasteiger partial charge in [0, 0.05) is 5.02 Å². The molecule has 0 heterocycles. The fraction of sp³-hybridized carbons (Fsp3) is 0.269. The number of hydrogen-bond acceptors (Lipinski definition) is 5. The quantitative estimate of drug-likeness (QED) is 0.394. The van der Waals surface area contributed by atoms with Crippen LogP contribution in [0.15, 0.2) is 77.7 Å². The summed E-state index contributed by atoms with van der Waals surface area (Å²) in [6.45, 7) is 5.91. The molecule has 9 heteroatoms. The molecule has 0 bridgehead atoms. The first-order valence-corrected chi connectivity index (χ1v) is 13.0. The Kier molecular flexibility index (Phi) is 9.01. The van der Waals surface area contributed by atoms with Gasteiger partial charge in [0.05, 0.1) is 23.2 Å². The van der Waals surface area contributed by atoms with E-state index in [2.05, 4.69) is 5.32 Å². The number of rotatable bonds is 11. The zero-order valence-corrected chi connectivity index (χ0v) is 21.5. The van der Waals surface area contributed by atoms with Crippen molar-refractivity contribution in [3.05, 3.63) is 83.4 Å². The predicted molar refractivity (Wildman–Crippen MR) is 138 cm³/mol. The van der Waals surface area contributed by atoms with Gasteiger partial charge in [0.1, 0.15) is 24.7 Å². The molecule has 1 N–H and O–H groups in total. The summed E-state index contributed by atoms with van der Waals surface area (Å²) in [5, 5.41) is 3.23. The van der Waals surface area contributed by atoms with Crippen molar-refractivity contribution in [2.24, 2.45) is 0 Å². The van der Waals surface area contributed by atoms with Crippen LogP contribution in [0, 0.1) is 6.92 Å². The Morgan fingerprint density at radius 1 is 1.00 bits per heavy atom. The van der Waals surface area contributed by atoms with Crippen LogP contribution in [0.1, 0.15) is 19.4 Å². The summed E-state index contributed by atoms with van der Waals surface area (Å²) >= 11 is 5.93. The van der Waals surface area contributed by atoms with Gasteiger partial charge in [-0.15, -0.1) is 0 Å². The first kappa shape index (κ1) is 26.4. The molecule has 1 atom stereocenters. The number of carbonyl (C=O) groups excluding carboxylic acids is 1. The Morgan fingerprint density at radius 3 is 2.29 bits per heavy atom. The largest absolute Gasteiger partial charge is 0.494 e. The zero-order valence-electron chi connectivity index (χ0n) is 19.9. The van der Waals surface area contributed by atoms with E-state index in [1.54, 1.807) is 31.2 Å². The normalized spacial score (nSPS) is 12.0. The first-order chi connectivity index (χ1) is 16.7. The van der Waals surface area contributed by atoms with E-state index in [9.17, 15) is 13.2 Å². The number of nitrogens with one attached hydrogen (secondary N) is 1. The van der Waals surface area contributed by atoms with E-state index in [0.29, 0.717) is 23.1 Å². The number of amides is 1. The highest BCUT2D eigenvalue weighted by Crippen LogP contribution is 2.26. The van der Waals surface area contributed by atoms with Crippen molar-refractivity contribution in [1.82, 2.24) is 5.32 Å². The van der Waals surface area contributed by atoms with E-state index < -0.39 is 22.5 Å². The van der Waals surface area contributed by atoms with Crippen molar-refractivity contribution in [1.29, 1.82) is 0 Å². The molecule has 186 valence electrons. The monoisotopic (exact) mass is 516 g/mol. The maximum Gasteiger partial charge on any atom is 0.264 e. The second-order valence-corrected chi connectivity index (χ2v) is 10.2. The third kappa shape index (κ3) is 7.13. The third-order valence-electron chi connectivity index (χ3n) is 5.11. The number of ether oxygens (including phenoxy) is 2. The Morgan fingerprint density at radius 2 is 1.66 bits per heavy atom. The molecule has 3 rings (SSSR count). The van der Waals surface area contributed by atoms with Crippen LogP contribution >= 0.6 is 11.6 Å². The molecule has 0 saturated heterocycles. The lowest BCUT2D eigenvalue weighted by Crippen LogP contribution is -2.45. The molecule has 35 heavy (non-hydrogen) atoms. The fourth-order valence-corrected chi connectivity index (χ4v) is 4.90. The van der Waals surface area contributed by atoms with Gasteiger partial charge in [-0.3, -0.25) is 9.10 Å². The van der Waals surface area contributed by atoms with Crippen LogP contribution in [-0.4, -0.2) is 40.1 Å². The molecule has 0 fully saturated rings. The Labute approximate surface area is 211 Å². The Hall–Kier alpha value is -3.23. The summed E-state index contributed by atoms with van der Waals surface area (Å²) in [6, 6.07) is 19.6. The minimum atomic E-state index is -4.05. The SMILES string of the molecule is CCOc1ccc(N(CC(=O)NC(C)COc2ccccc2C)S(=O)(=O)c2ccc(Cl)cc2)cc1. The van der Waals surface area contributed by atoms with Gasteiger partial charge in [-0.2, -0.15) is 0 Å². The lowest BCUT2D eigenvalue weighted by molar-refractivity contribution is -0.120. The summed E-state index contributed by atoms with van der Waals surface area (Å²) < 4.78 is 39.3. The number of nitrogens with zero attached hydrogens (tertiary/aromatic N) is 1. The maximum absolute atomic E-state index is 13.5. The van der Waals surface area contributed by atoms with Crippen molar-refractivity contribution in [3.63, 3.8) is 0 Å². The average molecular weight is 517 g/mol. The standard InChI is InChI=1S/C26H29ClN2O5S/c1-4-33-23-13-11-22(12-14-23)29(35(31,32)24-15-9-21(27)10-16-24)17-26(30)28-20(3)18-34-25-8-6-5-7-19(25)2/h5-16,20H,4,17-18H2,1-3H3,(H,28,30). The van der Waals surface area contributed by atoms with Crippen LogP contribution in [-0.2, 0) is 14.8 Å². The lowest BCUT2D eigenvalue weighted by atomic mass is 10.2. The number of para-hydroxylation sites is 1. The van der Waals surface area contributed by atoms with E-state index in [4.69, 9.17) is 21.1 Å². The number of aryl methyl sites for hydroxylation is 1. The van der Waals surface area contributed by atoms with E-state index >= 15 is 0 Å². The molecule has 0 aliphatic carbocycles. The number of anilines is 1. The molecule has 0 spiro atoms. The molecule has 7 nitrogen and oxygen atoms in total. The second kappa shape index (κ2) is 12.0. The van der Waals surface area contributed by atoms with Crippen LogP contribution in [0.5, 0.6) is 11.5 Å².